The molecule has 4 nitrogen and oxygen atoms in total. The van der Waals surface area contributed by atoms with Gasteiger partial charge in [0, 0.05) is 38.3 Å². The van der Waals surface area contributed by atoms with Crippen molar-refractivity contribution in [1.29, 1.82) is 0 Å². The third-order valence-corrected chi connectivity index (χ3v) is 5.74. The van der Waals surface area contributed by atoms with Crippen LogP contribution in [0.3, 0.4) is 0 Å². The molecule has 1 amide bonds. The fraction of sp³-hybridized carbons (Fsp3) is 0.650. The summed E-state index contributed by atoms with van der Waals surface area (Å²) in [5, 5.41) is 3.56. The fourth-order valence-electron chi connectivity index (χ4n) is 4.28. The lowest BCUT2D eigenvalue weighted by Gasteiger charge is -2.50. The molecule has 1 aromatic rings. The molecule has 2 fully saturated rings. The predicted octanol–water partition coefficient (Wildman–Crippen LogP) is 2.64. The number of hydrogen-bond acceptors (Lipinski definition) is 3. The van der Waals surface area contributed by atoms with Gasteiger partial charge in [-0.15, -0.1) is 0 Å². The largest absolute Gasteiger partial charge is 0.338 e. The molecule has 1 aromatic carbocycles. The van der Waals surface area contributed by atoms with Crippen molar-refractivity contribution < 1.29 is 4.79 Å². The molecule has 0 unspecified atom stereocenters. The molecule has 1 saturated carbocycles. The molecule has 1 aliphatic carbocycles. The van der Waals surface area contributed by atoms with E-state index in [4.69, 9.17) is 0 Å². The second-order valence-corrected chi connectivity index (χ2v) is 7.28. The molecule has 1 saturated heterocycles. The number of nitrogens with zero attached hydrogens (tertiary/aromatic N) is 2. The first kappa shape index (κ1) is 17.4. The van der Waals surface area contributed by atoms with Gasteiger partial charge >= 0.3 is 0 Å². The van der Waals surface area contributed by atoms with Crippen LogP contribution in [-0.2, 0) is 11.3 Å². The van der Waals surface area contributed by atoms with E-state index in [1.807, 2.05) is 23.1 Å². The average molecular weight is 329 g/mol. The summed E-state index contributed by atoms with van der Waals surface area (Å²) in [5.41, 5.74) is 1.43. The quantitative estimate of drug-likeness (QED) is 0.902. The van der Waals surface area contributed by atoms with Gasteiger partial charge in [0.05, 0.1) is 6.54 Å². The number of piperazine rings is 1. The summed E-state index contributed by atoms with van der Waals surface area (Å²) in [6.45, 7) is 7.18. The summed E-state index contributed by atoms with van der Waals surface area (Å²) in [7, 11) is 0. The van der Waals surface area contributed by atoms with Crippen molar-refractivity contribution in [3.8, 4) is 0 Å². The van der Waals surface area contributed by atoms with E-state index in [0.29, 0.717) is 6.54 Å². The Morgan fingerprint density at radius 2 is 1.96 bits per heavy atom. The van der Waals surface area contributed by atoms with E-state index in [0.717, 1.165) is 32.7 Å². The van der Waals surface area contributed by atoms with Crippen LogP contribution in [0.15, 0.2) is 30.3 Å². The first-order valence-electron chi connectivity index (χ1n) is 9.51. The molecule has 0 aromatic heterocycles. The van der Waals surface area contributed by atoms with Gasteiger partial charge in [0.1, 0.15) is 0 Å². The van der Waals surface area contributed by atoms with Crippen LogP contribution in [0.1, 0.15) is 44.6 Å². The smallest absolute Gasteiger partial charge is 0.237 e. The number of nitrogens with one attached hydrogen (secondary N) is 1. The molecule has 0 radical (unpaired) electrons. The van der Waals surface area contributed by atoms with Gasteiger partial charge in [0.15, 0.2) is 0 Å². The van der Waals surface area contributed by atoms with Crippen molar-refractivity contribution in [3.05, 3.63) is 35.9 Å². The monoisotopic (exact) mass is 329 g/mol. The Hall–Kier alpha value is -1.39. The maximum Gasteiger partial charge on any atom is 0.237 e. The zero-order chi connectivity index (χ0) is 16.8. The van der Waals surface area contributed by atoms with E-state index in [2.05, 4.69) is 29.3 Å². The van der Waals surface area contributed by atoms with E-state index in [-0.39, 0.29) is 11.4 Å². The molecule has 1 aliphatic heterocycles. The van der Waals surface area contributed by atoms with Gasteiger partial charge in [-0.05, 0) is 25.3 Å². The van der Waals surface area contributed by atoms with Gasteiger partial charge in [-0.2, -0.15) is 0 Å². The molecular formula is C20H31N3O. The molecule has 3 rings (SSSR count). The summed E-state index contributed by atoms with van der Waals surface area (Å²) < 4.78 is 0. The lowest BCUT2D eigenvalue weighted by atomic mass is 9.79. The maximum absolute atomic E-state index is 12.9. The Kier molecular flexibility index (Phi) is 5.90. The maximum atomic E-state index is 12.9. The van der Waals surface area contributed by atoms with Crippen LogP contribution in [0.2, 0.25) is 0 Å². The highest BCUT2D eigenvalue weighted by Crippen LogP contribution is 2.34. The molecule has 1 heterocycles. The molecule has 1 N–H and O–H groups in total. The van der Waals surface area contributed by atoms with Gasteiger partial charge in [0.25, 0.3) is 0 Å². The summed E-state index contributed by atoms with van der Waals surface area (Å²) >= 11 is 0. The summed E-state index contributed by atoms with van der Waals surface area (Å²) in [6.07, 6.45) is 6.41. The van der Waals surface area contributed by atoms with Crippen LogP contribution >= 0.6 is 0 Å². The van der Waals surface area contributed by atoms with E-state index < -0.39 is 0 Å². The summed E-state index contributed by atoms with van der Waals surface area (Å²) in [4.78, 5) is 17.4. The summed E-state index contributed by atoms with van der Waals surface area (Å²) in [5.74, 6) is 0.271. The minimum Gasteiger partial charge on any atom is -0.338 e. The molecule has 132 valence electrons. The number of carbonyl (C=O) groups excluding carboxylic acids is 1. The summed E-state index contributed by atoms with van der Waals surface area (Å²) in [6, 6.07) is 10.3. The first-order valence-corrected chi connectivity index (χ1v) is 9.51. The van der Waals surface area contributed by atoms with Gasteiger partial charge in [-0.3, -0.25) is 9.69 Å². The fourth-order valence-corrected chi connectivity index (χ4v) is 4.28. The van der Waals surface area contributed by atoms with Crippen LogP contribution in [0.5, 0.6) is 0 Å². The second kappa shape index (κ2) is 8.13. The minimum atomic E-state index is 0.221. The molecule has 4 heteroatoms. The van der Waals surface area contributed by atoms with E-state index in [1.165, 1.54) is 37.7 Å². The van der Waals surface area contributed by atoms with Crippen molar-refractivity contribution in [1.82, 2.24) is 15.1 Å². The van der Waals surface area contributed by atoms with Crippen molar-refractivity contribution in [3.63, 3.8) is 0 Å². The molecule has 24 heavy (non-hydrogen) atoms. The highest BCUT2D eigenvalue weighted by Gasteiger charge is 2.40. The Morgan fingerprint density at radius 1 is 1.21 bits per heavy atom. The minimum absolute atomic E-state index is 0.221. The molecular weight excluding hydrogens is 298 g/mol. The average Bonchev–Trinajstić information content (AvgIpc) is 2.63. The van der Waals surface area contributed by atoms with Crippen LogP contribution in [0.4, 0.5) is 0 Å². The Labute approximate surface area is 146 Å². The lowest BCUT2D eigenvalue weighted by molar-refractivity contribution is -0.135. The van der Waals surface area contributed by atoms with Crippen LogP contribution < -0.4 is 5.32 Å². The molecule has 1 spiro atoms. The van der Waals surface area contributed by atoms with Crippen molar-refractivity contribution in [2.45, 2.75) is 51.1 Å². The number of benzene rings is 1. The number of likely N-dealkylation sites (N-methyl/N-ethyl adjacent to an activating group) is 1. The number of hydrogen-bond donors (Lipinski definition) is 1. The van der Waals surface area contributed by atoms with Crippen molar-refractivity contribution in [2.24, 2.45) is 0 Å². The topological polar surface area (TPSA) is 35.6 Å². The van der Waals surface area contributed by atoms with Crippen LogP contribution in [0.25, 0.3) is 0 Å². The third-order valence-electron chi connectivity index (χ3n) is 5.74. The first-order chi connectivity index (χ1) is 11.7. The Balaban J connectivity index is 1.64. The van der Waals surface area contributed by atoms with Crippen molar-refractivity contribution >= 4 is 5.91 Å². The zero-order valence-electron chi connectivity index (χ0n) is 15.0. The van der Waals surface area contributed by atoms with Crippen LogP contribution in [-0.4, -0.2) is 54.0 Å². The normalized spacial score (nSPS) is 20.9. The van der Waals surface area contributed by atoms with Crippen molar-refractivity contribution in [2.75, 3.05) is 32.7 Å². The number of rotatable bonds is 5. The lowest BCUT2D eigenvalue weighted by Crippen LogP contribution is -2.63. The van der Waals surface area contributed by atoms with Gasteiger partial charge < -0.3 is 10.2 Å². The SMILES string of the molecule is CCN(Cc1ccccc1)C(=O)CN1CCNCC12CCCCC2. The zero-order valence-corrected chi connectivity index (χ0v) is 15.0. The molecule has 0 atom stereocenters. The van der Waals surface area contributed by atoms with E-state index >= 15 is 0 Å². The van der Waals surface area contributed by atoms with Gasteiger partial charge in [0.2, 0.25) is 5.91 Å². The van der Waals surface area contributed by atoms with Crippen LogP contribution in [0, 0.1) is 0 Å². The molecule has 2 aliphatic rings. The standard InChI is InChI=1S/C20H31N3O/c1-2-22(15-18-9-5-3-6-10-18)19(24)16-23-14-13-21-17-20(23)11-7-4-8-12-20/h3,5-6,9-10,21H,2,4,7-8,11-17H2,1H3. The Bertz CT molecular complexity index is 517. The predicted molar refractivity (Wildman–Crippen MR) is 97.8 cm³/mol. The van der Waals surface area contributed by atoms with Gasteiger partial charge in [-0.1, -0.05) is 49.6 Å². The highest BCUT2D eigenvalue weighted by atomic mass is 16.2. The second-order valence-electron chi connectivity index (χ2n) is 7.28. The van der Waals surface area contributed by atoms with E-state index in [1.54, 1.807) is 0 Å². The Morgan fingerprint density at radius 3 is 2.67 bits per heavy atom. The molecule has 0 bridgehead atoms. The third kappa shape index (κ3) is 3.98. The number of carbonyl (C=O) groups is 1. The highest BCUT2D eigenvalue weighted by molar-refractivity contribution is 5.78. The van der Waals surface area contributed by atoms with Gasteiger partial charge in [-0.25, -0.2) is 0 Å². The number of amides is 1. The van der Waals surface area contributed by atoms with E-state index in [9.17, 15) is 4.79 Å².